The van der Waals surface area contributed by atoms with E-state index in [4.69, 9.17) is 0 Å². The van der Waals surface area contributed by atoms with Crippen LogP contribution in [0.25, 0.3) is 0 Å². The highest BCUT2D eigenvalue weighted by Crippen LogP contribution is 2.24. The topological polar surface area (TPSA) is 25.2 Å². The number of aromatic nitrogens is 1. The first kappa shape index (κ1) is 15.3. The molecular weight excluding hydrogens is 248 g/mol. The first-order chi connectivity index (χ1) is 9.45. The maximum Gasteiger partial charge on any atom is 0.178 e. The molecule has 0 aliphatic carbocycles. The van der Waals surface area contributed by atoms with E-state index in [9.17, 15) is 4.79 Å². The van der Waals surface area contributed by atoms with Crippen LogP contribution in [0, 0.1) is 19.8 Å². The molecule has 1 aliphatic heterocycles. The van der Waals surface area contributed by atoms with Gasteiger partial charge in [-0.25, -0.2) is 0 Å². The Morgan fingerprint density at radius 2 is 2.10 bits per heavy atom. The number of hydrogen-bond donors (Lipinski definition) is 0. The summed E-state index contributed by atoms with van der Waals surface area (Å²) in [6.45, 7) is 13.4. The lowest BCUT2D eigenvalue weighted by molar-refractivity contribution is 0.0903. The summed E-state index contributed by atoms with van der Waals surface area (Å²) < 4.78 is 2.22. The van der Waals surface area contributed by atoms with E-state index in [2.05, 4.69) is 50.2 Å². The van der Waals surface area contributed by atoms with Gasteiger partial charge in [0, 0.05) is 29.5 Å². The quantitative estimate of drug-likeness (QED) is 0.770. The molecule has 1 aliphatic rings. The molecule has 1 fully saturated rings. The van der Waals surface area contributed by atoms with Crippen molar-refractivity contribution in [1.82, 2.24) is 9.47 Å². The summed E-state index contributed by atoms with van der Waals surface area (Å²) in [5.41, 5.74) is 3.23. The highest BCUT2D eigenvalue weighted by Gasteiger charge is 2.29. The van der Waals surface area contributed by atoms with Crippen LogP contribution in [-0.4, -0.2) is 34.4 Å². The summed E-state index contributed by atoms with van der Waals surface area (Å²) in [6, 6.07) is 2.63. The maximum atomic E-state index is 12.6. The van der Waals surface area contributed by atoms with Gasteiger partial charge in [-0.3, -0.25) is 9.69 Å². The molecule has 0 bridgehead atoms. The third kappa shape index (κ3) is 2.83. The number of rotatable bonds is 5. The minimum atomic E-state index is 0.283. The van der Waals surface area contributed by atoms with Gasteiger partial charge in [0.15, 0.2) is 5.78 Å². The van der Waals surface area contributed by atoms with Gasteiger partial charge < -0.3 is 4.57 Å². The number of ketones is 1. The van der Waals surface area contributed by atoms with Gasteiger partial charge in [-0.05, 0) is 52.1 Å². The van der Waals surface area contributed by atoms with Gasteiger partial charge in [0.1, 0.15) is 0 Å². The first-order valence-electron chi connectivity index (χ1n) is 7.89. The van der Waals surface area contributed by atoms with Crippen molar-refractivity contribution in [1.29, 1.82) is 0 Å². The number of nitrogens with zero attached hydrogens (tertiary/aromatic N) is 2. The summed E-state index contributed by atoms with van der Waals surface area (Å²) in [7, 11) is 0. The lowest BCUT2D eigenvalue weighted by Gasteiger charge is -2.26. The predicted molar refractivity (Wildman–Crippen MR) is 83.3 cm³/mol. The van der Waals surface area contributed by atoms with Crippen LogP contribution in [0.15, 0.2) is 6.07 Å². The van der Waals surface area contributed by atoms with Crippen LogP contribution in [0.3, 0.4) is 0 Å². The first-order valence-corrected chi connectivity index (χ1v) is 7.89. The minimum Gasteiger partial charge on any atom is -0.349 e. The van der Waals surface area contributed by atoms with Gasteiger partial charge >= 0.3 is 0 Å². The average Bonchev–Trinajstić information content (AvgIpc) is 2.94. The average molecular weight is 276 g/mol. The highest BCUT2D eigenvalue weighted by molar-refractivity contribution is 5.99. The van der Waals surface area contributed by atoms with Crippen molar-refractivity contribution < 1.29 is 4.79 Å². The van der Waals surface area contributed by atoms with Crippen LogP contribution in [0.4, 0.5) is 0 Å². The zero-order valence-electron chi connectivity index (χ0n) is 13.6. The normalized spacial score (nSPS) is 20.0. The third-order valence-electron chi connectivity index (χ3n) is 4.72. The van der Waals surface area contributed by atoms with Gasteiger partial charge in [0.25, 0.3) is 0 Å². The second-order valence-electron chi connectivity index (χ2n) is 6.38. The Morgan fingerprint density at radius 1 is 1.40 bits per heavy atom. The van der Waals surface area contributed by atoms with Crippen LogP contribution in [0.5, 0.6) is 0 Å². The number of carbonyl (C=O) groups is 1. The van der Waals surface area contributed by atoms with E-state index >= 15 is 0 Å². The van der Waals surface area contributed by atoms with E-state index in [1.165, 1.54) is 18.5 Å². The molecule has 1 atom stereocenters. The van der Waals surface area contributed by atoms with Crippen LogP contribution < -0.4 is 0 Å². The van der Waals surface area contributed by atoms with Crippen LogP contribution in [0.1, 0.15) is 55.4 Å². The molecule has 20 heavy (non-hydrogen) atoms. The predicted octanol–water partition coefficient (Wildman–Crippen LogP) is 3.43. The molecule has 0 aromatic carbocycles. The van der Waals surface area contributed by atoms with Gasteiger partial charge in [-0.15, -0.1) is 0 Å². The summed E-state index contributed by atoms with van der Waals surface area (Å²) in [4.78, 5) is 15.0. The van der Waals surface area contributed by atoms with Crippen molar-refractivity contribution >= 4 is 5.78 Å². The van der Waals surface area contributed by atoms with E-state index in [1.54, 1.807) is 0 Å². The molecule has 0 saturated carbocycles. The summed E-state index contributed by atoms with van der Waals surface area (Å²) in [5, 5.41) is 0. The molecule has 112 valence electrons. The fourth-order valence-electron chi connectivity index (χ4n) is 3.64. The second-order valence-corrected chi connectivity index (χ2v) is 6.38. The number of likely N-dealkylation sites (tertiary alicyclic amines) is 1. The smallest absolute Gasteiger partial charge is 0.178 e. The van der Waals surface area contributed by atoms with E-state index < -0.39 is 0 Å². The second kappa shape index (κ2) is 6.13. The molecule has 3 nitrogen and oxygen atoms in total. The lowest BCUT2D eigenvalue weighted by Crippen LogP contribution is -2.37. The standard InChI is InChI=1S/C17H28N2O/c1-6-19-13(4)10-15(14(19)5)17(20)11-18-9-7-8-16(18)12(2)3/h10,12,16H,6-9,11H2,1-5H3. The summed E-state index contributed by atoms with van der Waals surface area (Å²) in [6.07, 6.45) is 2.46. The van der Waals surface area contributed by atoms with Crippen LogP contribution in [0.2, 0.25) is 0 Å². The summed E-state index contributed by atoms with van der Waals surface area (Å²) >= 11 is 0. The monoisotopic (exact) mass is 276 g/mol. The van der Waals surface area contributed by atoms with Crippen molar-refractivity contribution in [3.05, 3.63) is 23.0 Å². The molecule has 1 saturated heterocycles. The Labute approximate surface area is 123 Å². The molecule has 1 aromatic heterocycles. The number of Topliss-reactive ketones (excluding diaryl/α,β-unsaturated/α-hetero) is 1. The fraction of sp³-hybridized carbons (Fsp3) is 0.706. The van der Waals surface area contributed by atoms with Crippen molar-refractivity contribution in [2.75, 3.05) is 13.1 Å². The Balaban J connectivity index is 2.12. The van der Waals surface area contributed by atoms with E-state index in [1.807, 2.05) is 0 Å². The van der Waals surface area contributed by atoms with Gasteiger partial charge in [0.05, 0.1) is 6.54 Å². The maximum absolute atomic E-state index is 12.6. The Bertz CT molecular complexity index is 487. The van der Waals surface area contributed by atoms with Crippen molar-refractivity contribution in [2.24, 2.45) is 5.92 Å². The number of carbonyl (C=O) groups excluding carboxylic acids is 1. The Morgan fingerprint density at radius 3 is 2.65 bits per heavy atom. The highest BCUT2D eigenvalue weighted by atomic mass is 16.1. The summed E-state index contributed by atoms with van der Waals surface area (Å²) in [5.74, 6) is 0.915. The molecule has 0 radical (unpaired) electrons. The van der Waals surface area contributed by atoms with E-state index in [0.29, 0.717) is 18.5 Å². The molecule has 1 unspecified atom stereocenters. The molecule has 1 aromatic rings. The Hall–Kier alpha value is -1.09. The fourth-order valence-corrected chi connectivity index (χ4v) is 3.64. The molecule has 0 spiro atoms. The minimum absolute atomic E-state index is 0.283. The largest absolute Gasteiger partial charge is 0.349 e. The van der Waals surface area contributed by atoms with Gasteiger partial charge in [0.2, 0.25) is 0 Å². The van der Waals surface area contributed by atoms with Crippen molar-refractivity contribution in [3.8, 4) is 0 Å². The molecule has 0 amide bonds. The third-order valence-corrected chi connectivity index (χ3v) is 4.72. The molecule has 2 rings (SSSR count). The number of aryl methyl sites for hydroxylation is 1. The van der Waals surface area contributed by atoms with Gasteiger partial charge in [-0.1, -0.05) is 13.8 Å². The Kier molecular flexibility index (Phi) is 4.69. The van der Waals surface area contributed by atoms with Crippen LogP contribution in [-0.2, 0) is 6.54 Å². The zero-order valence-corrected chi connectivity index (χ0v) is 13.6. The van der Waals surface area contributed by atoms with Crippen LogP contribution >= 0.6 is 0 Å². The molecule has 0 N–H and O–H groups in total. The van der Waals surface area contributed by atoms with Crippen molar-refractivity contribution in [3.63, 3.8) is 0 Å². The SMILES string of the molecule is CCn1c(C)cc(C(=O)CN2CCCC2C(C)C)c1C. The van der Waals surface area contributed by atoms with E-state index in [-0.39, 0.29) is 5.78 Å². The zero-order chi connectivity index (χ0) is 14.9. The van der Waals surface area contributed by atoms with Gasteiger partial charge in [-0.2, -0.15) is 0 Å². The molecular formula is C17H28N2O. The van der Waals surface area contributed by atoms with Crippen molar-refractivity contribution in [2.45, 2.75) is 60.0 Å². The lowest BCUT2D eigenvalue weighted by atomic mass is 10.0. The number of hydrogen-bond acceptors (Lipinski definition) is 2. The molecule has 2 heterocycles. The van der Waals surface area contributed by atoms with E-state index in [0.717, 1.165) is 24.3 Å². The molecule has 3 heteroatoms.